The Bertz CT molecular complexity index is 1350. The average molecular weight is 490 g/mol. The summed E-state index contributed by atoms with van der Waals surface area (Å²) in [5.74, 6) is -1.06. The van der Waals surface area contributed by atoms with Crippen LogP contribution in [-0.2, 0) is 18.4 Å². The third-order valence-corrected chi connectivity index (χ3v) is 7.38. The molecule has 9 nitrogen and oxygen atoms in total. The fourth-order valence-corrected chi connectivity index (χ4v) is 5.41. The number of hydrogen-bond acceptors (Lipinski definition) is 6. The van der Waals surface area contributed by atoms with Gasteiger partial charge in [-0.05, 0) is 73.2 Å². The van der Waals surface area contributed by atoms with Gasteiger partial charge < -0.3 is 11.3 Å². The van der Waals surface area contributed by atoms with Crippen molar-refractivity contribution < 1.29 is 9.90 Å². The van der Waals surface area contributed by atoms with Crippen molar-refractivity contribution in [2.45, 2.75) is 51.6 Å². The predicted molar refractivity (Wildman–Crippen MR) is 139 cm³/mol. The molecule has 0 aliphatic carbocycles. The minimum Gasteiger partial charge on any atom is -0.481 e. The Balaban J connectivity index is 0.00000304. The van der Waals surface area contributed by atoms with Gasteiger partial charge in [-0.25, -0.2) is 4.68 Å². The van der Waals surface area contributed by atoms with E-state index in [0.717, 1.165) is 60.2 Å². The lowest BCUT2D eigenvalue weighted by Gasteiger charge is -2.33. The maximum absolute atomic E-state index is 11.9. The highest BCUT2D eigenvalue weighted by atomic mass is 16.4. The third-order valence-electron chi connectivity index (χ3n) is 7.38. The zero-order valence-corrected chi connectivity index (χ0v) is 21.3. The molecular formula is C27H35N7O2. The molecule has 0 amide bonds. The molecule has 1 fully saturated rings. The number of likely N-dealkylation sites (tertiary alicyclic amines) is 1. The largest absolute Gasteiger partial charge is 0.481 e. The van der Waals surface area contributed by atoms with Gasteiger partial charge in [0, 0.05) is 38.4 Å². The van der Waals surface area contributed by atoms with Gasteiger partial charge in [0.1, 0.15) is 5.52 Å². The third kappa shape index (κ3) is 5.03. The molecule has 1 saturated heterocycles. The lowest BCUT2D eigenvalue weighted by Crippen LogP contribution is -2.36. The summed E-state index contributed by atoms with van der Waals surface area (Å²) < 4.78 is 3.82. The van der Waals surface area contributed by atoms with Crippen molar-refractivity contribution in [1.29, 1.82) is 0 Å². The van der Waals surface area contributed by atoms with Crippen molar-refractivity contribution in [1.82, 2.24) is 35.8 Å². The second kappa shape index (κ2) is 10.6. The lowest BCUT2D eigenvalue weighted by atomic mass is 9.84. The van der Waals surface area contributed by atoms with Crippen molar-refractivity contribution in [3.63, 3.8) is 0 Å². The predicted octanol–water partition coefficient (Wildman–Crippen LogP) is 4.39. The normalized spacial score (nSPS) is 17.1. The molecule has 0 bridgehead atoms. The number of rotatable bonds is 7. The summed E-state index contributed by atoms with van der Waals surface area (Å²) >= 11 is 0. The van der Waals surface area contributed by atoms with Crippen LogP contribution in [0.3, 0.4) is 0 Å². The summed E-state index contributed by atoms with van der Waals surface area (Å²) in [4.78, 5) is 14.4. The number of aryl methyl sites for hydroxylation is 3. The maximum atomic E-state index is 11.9. The number of hydrogen-bond donors (Lipinski definition) is 2. The first-order chi connectivity index (χ1) is 16.9. The van der Waals surface area contributed by atoms with E-state index in [4.69, 9.17) is 0 Å². The van der Waals surface area contributed by atoms with Crippen LogP contribution in [0.1, 0.15) is 59.0 Å². The summed E-state index contributed by atoms with van der Waals surface area (Å²) in [5, 5.41) is 22.7. The van der Waals surface area contributed by atoms with Crippen LogP contribution >= 0.6 is 0 Å². The average Bonchev–Trinajstić information content (AvgIpc) is 3.51. The Hall–Kier alpha value is -3.56. The summed E-state index contributed by atoms with van der Waals surface area (Å²) in [6.07, 6.45) is 6.20. The molecule has 3 heterocycles. The maximum Gasteiger partial charge on any atom is 0.304 e. The van der Waals surface area contributed by atoms with Crippen LogP contribution in [0, 0.1) is 13.8 Å². The fourth-order valence-electron chi connectivity index (χ4n) is 5.41. The quantitative estimate of drug-likeness (QED) is 0.394. The molecule has 1 aliphatic rings. The molecule has 2 atom stereocenters. The smallest absolute Gasteiger partial charge is 0.304 e. The van der Waals surface area contributed by atoms with Gasteiger partial charge in [0.2, 0.25) is 0 Å². The van der Waals surface area contributed by atoms with Crippen molar-refractivity contribution >= 4 is 17.0 Å². The van der Waals surface area contributed by atoms with Crippen LogP contribution in [-0.4, -0.2) is 53.8 Å². The van der Waals surface area contributed by atoms with Crippen LogP contribution in [0.2, 0.25) is 0 Å². The number of aromatic nitrogens is 5. The Kier molecular flexibility index (Phi) is 7.51. The minimum absolute atomic E-state index is 0. The Morgan fingerprint density at radius 1 is 1.22 bits per heavy atom. The van der Waals surface area contributed by atoms with Gasteiger partial charge in [-0.2, -0.15) is 5.10 Å². The number of nitrogens with zero attached hydrogens (tertiary/aromatic N) is 6. The Morgan fingerprint density at radius 3 is 2.81 bits per heavy atom. The van der Waals surface area contributed by atoms with Crippen molar-refractivity contribution in [3.05, 3.63) is 76.6 Å². The molecular weight excluding hydrogens is 454 g/mol. The van der Waals surface area contributed by atoms with E-state index < -0.39 is 5.97 Å². The highest BCUT2D eigenvalue weighted by Gasteiger charge is 2.25. The first-order valence-corrected chi connectivity index (χ1v) is 12.2. The Labute approximate surface area is 211 Å². The van der Waals surface area contributed by atoms with E-state index in [-0.39, 0.29) is 18.5 Å². The highest BCUT2D eigenvalue weighted by Crippen LogP contribution is 2.34. The molecule has 36 heavy (non-hydrogen) atoms. The SMILES string of the molecule is Cc1ccc(C(CC(=O)O)c2ccc3c(nnn3C)c2C)cc1CN1CCCC(n2cccn2)C1.N. The second-order valence-electron chi connectivity index (χ2n) is 9.71. The van der Waals surface area contributed by atoms with E-state index in [1.807, 2.05) is 44.6 Å². The van der Waals surface area contributed by atoms with Crippen LogP contribution in [0.25, 0.3) is 11.0 Å². The Morgan fingerprint density at radius 2 is 2.06 bits per heavy atom. The topological polar surface area (TPSA) is 124 Å². The van der Waals surface area contributed by atoms with Crippen LogP contribution in [0.5, 0.6) is 0 Å². The van der Waals surface area contributed by atoms with E-state index in [9.17, 15) is 9.90 Å². The van der Waals surface area contributed by atoms with Gasteiger partial charge in [0.25, 0.3) is 0 Å². The number of aliphatic carboxylic acids is 1. The van der Waals surface area contributed by atoms with Gasteiger partial charge in [-0.15, -0.1) is 5.10 Å². The second-order valence-corrected chi connectivity index (χ2v) is 9.71. The lowest BCUT2D eigenvalue weighted by molar-refractivity contribution is -0.137. The van der Waals surface area contributed by atoms with Gasteiger partial charge in [0.15, 0.2) is 0 Å². The molecule has 190 valence electrons. The van der Waals surface area contributed by atoms with E-state index >= 15 is 0 Å². The van der Waals surface area contributed by atoms with Gasteiger partial charge in [-0.1, -0.05) is 29.5 Å². The van der Waals surface area contributed by atoms with E-state index in [2.05, 4.69) is 50.1 Å². The molecule has 9 heteroatoms. The zero-order chi connectivity index (χ0) is 24.5. The number of benzene rings is 2. The molecule has 4 aromatic rings. The number of piperidine rings is 1. The van der Waals surface area contributed by atoms with Crippen molar-refractivity contribution in [2.24, 2.45) is 7.05 Å². The molecule has 5 rings (SSSR count). The number of carboxylic acid groups (broad SMARTS) is 1. The van der Waals surface area contributed by atoms with E-state index in [0.29, 0.717) is 6.04 Å². The van der Waals surface area contributed by atoms with Gasteiger partial charge in [-0.3, -0.25) is 14.4 Å². The first kappa shape index (κ1) is 25.5. The van der Waals surface area contributed by atoms with Gasteiger partial charge >= 0.3 is 5.97 Å². The van der Waals surface area contributed by atoms with Crippen molar-refractivity contribution in [2.75, 3.05) is 13.1 Å². The molecule has 2 unspecified atom stereocenters. The zero-order valence-electron chi connectivity index (χ0n) is 21.3. The van der Waals surface area contributed by atoms with Crippen LogP contribution in [0.15, 0.2) is 48.8 Å². The number of fused-ring (bicyclic) bond motifs is 1. The number of carbonyl (C=O) groups is 1. The molecule has 2 aromatic carbocycles. The van der Waals surface area contributed by atoms with Crippen LogP contribution in [0.4, 0.5) is 0 Å². The summed E-state index contributed by atoms with van der Waals surface area (Å²) in [5.41, 5.74) is 7.25. The molecule has 0 saturated carbocycles. The van der Waals surface area contributed by atoms with E-state index in [1.54, 1.807) is 4.68 Å². The number of carboxylic acids is 1. The van der Waals surface area contributed by atoms with Crippen LogP contribution < -0.4 is 6.15 Å². The molecule has 2 aromatic heterocycles. The fraction of sp³-hybridized carbons (Fsp3) is 0.407. The minimum atomic E-state index is -0.811. The summed E-state index contributed by atoms with van der Waals surface area (Å²) in [6.45, 7) is 7.02. The summed E-state index contributed by atoms with van der Waals surface area (Å²) in [6, 6.07) is 12.8. The van der Waals surface area contributed by atoms with Crippen molar-refractivity contribution in [3.8, 4) is 0 Å². The molecule has 0 spiro atoms. The monoisotopic (exact) mass is 489 g/mol. The molecule has 1 aliphatic heterocycles. The standard InChI is InChI=1S/C27H32N6O2.H3N/c1-18-7-8-20(14-21(18)16-32-12-4-6-22(17-32)33-13-5-11-28-33)24(15-26(34)35)23-9-10-25-27(19(23)2)29-30-31(25)3;/h5,7-11,13-14,22,24H,4,6,12,15-17H2,1-3H3,(H,34,35);1H3. The van der Waals surface area contributed by atoms with E-state index in [1.165, 1.54) is 11.1 Å². The van der Waals surface area contributed by atoms with Gasteiger partial charge in [0.05, 0.1) is 18.0 Å². The summed E-state index contributed by atoms with van der Waals surface area (Å²) in [7, 11) is 1.87. The molecule has 4 N–H and O–H groups in total. The highest BCUT2D eigenvalue weighted by molar-refractivity contribution is 5.80. The first-order valence-electron chi connectivity index (χ1n) is 12.2. The molecule has 0 radical (unpaired) electrons.